The van der Waals surface area contributed by atoms with Gasteiger partial charge in [-0.15, -0.1) is 0 Å². The van der Waals surface area contributed by atoms with E-state index in [1.165, 1.54) is 17.3 Å². The largest absolute Gasteiger partial charge is 0.403 e. The first kappa shape index (κ1) is 28.7. The fourth-order valence-corrected chi connectivity index (χ4v) is 4.66. The van der Waals surface area contributed by atoms with Crippen LogP contribution in [-0.4, -0.2) is 57.2 Å². The summed E-state index contributed by atoms with van der Waals surface area (Å²) >= 11 is 6.44. The van der Waals surface area contributed by atoms with Crippen molar-refractivity contribution in [3.63, 3.8) is 0 Å². The molecule has 3 aromatic rings. The molecule has 2 amide bonds. The van der Waals surface area contributed by atoms with Crippen LogP contribution >= 0.6 is 11.6 Å². The molecular formula is C29H32ClN7O3. The van der Waals surface area contributed by atoms with Crippen LogP contribution < -0.4 is 16.4 Å². The highest BCUT2D eigenvalue weighted by Crippen LogP contribution is 2.32. The standard InChI is InChI=1S/C29H32ClN7O3/c1-16-6-5-7-19(10-16)25(15-38)34-27(39)18(3)37-14-21-9-8-20(11-22(21)28(37)40)26-23(30)13-33-29(36-26)35-24(12-31)17(2)32-4/h5-13,18,25,38H,14-15,31H2,1-4H3,(H,34,39)(H,33,35,36)/t18-,25-/m1/s1. The Balaban J connectivity index is 1.53. The van der Waals surface area contributed by atoms with Gasteiger partial charge < -0.3 is 26.4 Å². The van der Waals surface area contributed by atoms with Crippen molar-refractivity contribution < 1.29 is 14.7 Å². The molecular weight excluding hydrogens is 530 g/mol. The van der Waals surface area contributed by atoms with E-state index in [1.807, 2.05) is 43.3 Å². The van der Waals surface area contributed by atoms with Gasteiger partial charge in [-0.3, -0.25) is 14.6 Å². The smallest absolute Gasteiger partial charge is 0.255 e. The molecule has 0 saturated heterocycles. The second-order valence-electron chi connectivity index (χ2n) is 9.54. The molecule has 11 heteroatoms. The summed E-state index contributed by atoms with van der Waals surface area (Å²) in [6, 6.07) is 11.6. The molecule has 10 nitrogen and oxygen atoms in total. The van der Waals surface area contributed by atoms with Crippen molar-refractivity contribution >= 4 is 35.1 Å². The fourth-order valence-electron chi connectivity index (χ4n) is 4.46. The monoisotopic (exact) mass is 561 g/mol. The first-order valence-corrected chi connectivity index (χ1v) is 13.1. The molecule has 2 atom stereocenters. The molecule has 0 spiro atoms. The summed E-state index contributed by atoms with van der Waals surface area (Å²) in [6.45, 7) is 5.44. The number of anilines is 1. The van der Waals surface area contributed by atoms with E-state index in [1.54, 1.807) is 27.0 Å². The minimum Gasteiger partial charge on any atom is -0.403 e. The van der Waals surface area contributed by atoms with E-state index in [0.29, 0.717) is 33.3 Å². The van der Waals surface area contributed by atoms with Crippen molar-refractivity contribution in [2.24, 2.45) is 10.7 Å². The summed E-state index contributed by atoms with van der Waals surface area (Å²) in [5, 5.41) is 16.1. The van der Waals surface area contributed by atoms with Gasteiger partial charge in [0.2, 0.25) is 11.9 Å². The molecule has 0 radical (unpaired) electrons. The highest BCUT2D eigenvalue weighted by molar-refractivity contribution is 6.33. The molecule has 0 bridgehead atoms. The molecule has 1 aromatic heterocycles. The molecule has 2 aromatic carbocycles. The highest BCUT2D eigenvalue weighted by Gasteiger charge is 2.35. The van der Waals surface area contributed by atoms with Crippen LogP contribution in [-0.2, 0) is 11.3 Å². The Morgan fingerprint density at radius 1 is 1.30 bits per heavy atom. The molecule has 0 saturated carbocycles. The van der Waals surface area contributed by atoms with Crippen LogP contribution in [0.15, 0.2) is 65.6 Å². The summed E-state index contributed by atoms with van der Waals surface area (Å²) in [5.41, 5.74) is 11.1. The van der Waals surface area contributed by atoms with E-state index >= 15 is 0 Å². The molecule has 0 fully saturated rings. The van der Waals surface area contributed by atoms with Crippen molar-refractivity contribution in [2.75, 3.05) is 19.0 Å². The highest BCUT2D eigenvalue weighted by atomic mass is 35.5. The van der Waals surface area contributed by atoms with Crippen molar-refractivity contribution in [1.82, 2.24) is 20.2 Å². The molecule has 1 aliphatic rings. The molecule has 208 valence electrons. The van der Waals surface area contributed by atoms with Gasteiger partial charge in [0.15, 0.2) is 0 Å². The zero-order valence-corrected chi connectivity index (χ0v) is 23.5. The van der Waals surface area contributed by atoms with Crippen LogP contribution in [0.1, 0.15) is 46.9 Å². The number of nitrogens with two attached hydrogens (primary N) is 1. The lowest BCUT2D eigenvalue weighted by Crippen LogP contribution is -2.46. The molecule has 0 aliphatic carbocycles. The number of nitrogens with zero attached hydrogens (tertiary/aromatic N) is 4. The van der Waals surface area contributed by atoms with Crippen LogP contribution in [0.3, 0.4) is 0 Å². The van der Waals surface area contributed by atoms with Gasteiger partial charge in [0.05, 0.1) is 41.0 Å². The zero-order valence-electron chi connectivity index (χ0n) is 22.8. The maximum atomic E-state index is 13.4. The maximum absolute atomic E-state index is 13.4. The predicted molar refractivity (Wildman–Crippen MR) is 156 cm³/mol. The number of carbonyl (C=O) groups excluding carboxylic acids is 2. The van der Waals surface area contributed by atoms with Gasteiger partial charge in [-0.25, -0.2) is 9.97 Å². The van der Waals surface area contributed by atoms with E-state index in [9.17, 15) is 14.7 Å². The van der Waals surface area contributed by atoms with E-state index in [4.69, 9.17) is 17.3 Å². The Kier molecular flexibility index (Phi) is 8.81. The summed E-state index contributed by atoms with van der Waals surface area (Å²) in [7, 11) is 1.65. The number of carbonyl (C=O) groups is 2. The summed E-state index contributed by atoms with van der Waals surface area (Å²) in [4.78, 5) is 40.9. The van der Waals surface area contributed by atoms with E-state index in [0.717, 1.165) is 16.7 Å². The number of aliphatic imine (C=N–C) groups is 1. The number of hydrogen-bond donors (Lipinski definition) is 4. The number of hydrogen-bond acceptors (Lipinski definition) is 8. The van der Waals surface area contributed by atoms with Crippen molar-refractivity contribution in [1.29, 1.82) is 0 Å². The lowest BCUT2D eigenvalue weighted by atomic mass is 10.0. The lowest BCUT2D eigenvalue weighted by molar-refractivity contribution is -0.126. The number of aliphatic hydroxyl groups is 1. The van der Waals surface area contributed by atoms with E-state index < -0.39 is 12.1 Å². The average Bonchev–Trinajstić information content (AvgIpc) is 3.29. The number of fused-ring (bicyclic) bond motifs is 1. The Morgan fingerprint density at radius 3 is 2.75 bits per heavy atom. The summed E-state index contributed by atoms with van der Waals surface area (Å²) in [6.07, 6.45) is 2.85. The third-order valence-electron chi connectivity index (χ3n) is 6.89. The molecule has 40 heavy (non-hydrogen) atoms. The first-order valence-electron chi connectivity index (χ1n) is 12.7. The lowest BCUT2D eigenvalue weighted by Gasteiger charge is -2.26. The third-order valence-corrected chi connectivity index (χ3v) is 7.16. The van der Waals surface area contributed by atoms with Crippen molar-refractivity contribution in [3.8, 4) is 11.3 Å². The van der Waals surface area contributed by atoms with Crippen LogP contribution in [0, 0.1) is 6.92 Å². The molecule has 4 rings (SSSR count). The number of nitrogens with one attached hydrogen (secondary N) is 2. The number of aryl methyl sites for hydroxylation is 1. The predicted octanol–water partition coefficient (Wildman–Crippen LogP) is 3.60. The molecule has 2 heterocycles. The number of halogens is 1. The van der Waals surface area contributed by atoms with Crippen LogP contribution in [0.2, 0.25) is 5.02 Å². The SMILES string of the molecule is CN=C(C)C(=CN)Nc1ncc(Cl)c(-c2ccc3c(c2)C(=O)N([C@H](C)C(=O)N[C@H](CO)c2cccc(C)c2)C3)n1. The third kappa shape index (κ3) is 5.98. The number of allylic oxidation sites excluding steroid dienone is 1. The van der Waals surface area contributed by atoms with Crippen molar-refractivity contribution in [2.45, 2.75) is 39.4 Å². The Morgan fingerprint density at radius 2 is 2.08 bits per heavy atom. The Labute approximate surface area is 238 Å². The average molecular weight is 562 g/mol. The van der Waals surface area contributed by atoms with Gasteiger partial charge in [0, 0.05) is 30.9 Å². The van der Waals surface area contributed by atoms with Crippen molar-refractivity contribution in [3.05, 3.63) is 87.8 Å². The van der Waals surface area contributed by atoms with E-state index in [2.05, 4.69) is 25.6 Å². The van der Waals surface area contributed by atoms with Crippen LogP contribution in [0.5, 0.6) is 0 Å². The van der Waals surface area contributed by atoms with Gasteiger partial charge >= 0.3 is 0 Å². The van der Waals surface area contributed by atoms with E-state index in [-0.39, 0.29) is 30.9 Å². The summed E-state index contributed by atoms with van der Waals surface area (Å²) in [5.74, 6) is -0.363. The fraction of sp³-hybridized carbons (Fsp3) is 0.276. The first-order chi connectivity index (χ1) is 19.2. The number of rotatable bonds is 9. The van der Waals surface area contributed by atoms with Gasteiger partial charge in [0.1, 0.15) is 6.04 Å². The van der Waals surface area contributed by atoms with Gasteiger partial charge in [-0.2, -0.15) is 0 Å². The van der Waals surface area contributed by atoms with Gasteiger partial charge in [0.25, 0.3) is 5.91 Å². The minimum atomic E-state index is -0.759. The number of benzene rings is 2. The Hall–Kier alpha value is -4.28. The minimum absolute atomic E-state index is 0.261. The summed E-state index contributed by atoms with van der Waals surface area (Å²) < 4.78 is 0. The second-order valence-corrected chi connectivity index (χ2v) is 9.95. The van der Waals surface area contributed by atoms with Crippen LogP contribution in [0.25, 0.3) is 11.3 Å². The van der Waals surface area contributed by atoms with Gasteiger partial charge in [-0.05, 0) is 38.0 Å². The number of aromatic nitrogens is 2. The molecule has 5 N–H and O–H groups in total. The Bertz CT molecular complexity index is 1500. The number of amides is 2. The zero-order chi connectivity index (χ0) is 29.0. The second kappa shape index (κ2) is 12.3. The normalized spacial score (nSPS) is 15.1. The molecule has 1 aliphatic heterocycles. The topological polar surface area (TPSA) is 146 Å². The van der Waals surface area contributed by atoms with Gasteiger partial charge in [-0.1, -0.05) is 53.6 Å². The maximum Gasteiger partial charge on any atom is 0.255 e. The van der Waals surface area contributed by atoms with Crippen LogP contribution in [0.4, 0.5) is 5.95 Å². The number of aliphatic hydroxyl groups excluding tert-OH is 1. The molecule has 0 unspecified atom stereocenters. The quantitative estimate of drug-likeness (QED) is 0.292.